The lowest BCUT2D eigenvalue weighted by Crippen LogP contribution is -2.46. The fraction of sp³-hybridized carbons (Fsp3) is 0.867. The number of rotatable bonds is 4. The fourth-order valence-electron chi connectivity index (χ4n) is 3.17. The number of aliphatic carboxylic acids is 1. The second-order valence-corrected chi connectivity index (χ2v) is 6.97. The van der Waals surface area contributed by atoms with Crippen LogP contribution in [-0.2, 0) is 4.79 Å². The van der Waals surface area contributed by atoms with Crippen LogP contribution in [0.25, 0.3) is 0 Å². The smallest absolute Gasteiger partial charge is 0.317 e. The number of likely N-dealkylation sites (tertiary alicyclic amines) is 2. The van der Waals surface area contributed by atoms with E-state index < -0.39 is 5.97 Å². The highest BCUT2D eigenvalue weighted by Crippen LogP contribution is 2.29. The molecule has 1 atom stereocenters. The number of piperidine rings is 1. The molecule has 1 unspecified atom stereocenters. The van der Waals surface area contributed by atoms with E-state index in [0.29, 0.717) is 19.6 Å². The number of urea groups is 1. The monoisotopic (exact) mass is 297 g/mol. The van der Waals surface area contributed by atoms with E-state index in [0.717, 1.165) is 32.4 Å². The van der Waals surface area contributed by atoms with Gasteiger partial charge in [-0.05, 0) is 50.7 Å². The van der Waals surface area contributed by atoms with Crippen molar-refractivity contribution in [1.82, 2.24) is 15.1 Å². The molecule has 0 spiro atoms. The molecule has 21 heavy (non-hydrogen) atoms. The molecule has 2 N–H and O–H groups in total. The maximum atomic E-state index is 12.2. The molecule has 2 fully saturated rings. The first-order valence-electron chi connectivity index (χ1n) is 7.81. The van der Waals surface area contributed by atoms with Crippen molar-refractivity contribution in [2.45, 2.75) is 32.6 Å². The molecule has 0 aromatic heterocycles. The molecule has 0 aromatic carbocycles. The van der Waals surface area contributed by atoms with Crippen molar-refractivity contribution in [3.63, 3.8) is 0 Å². The summed E-state index contributed by atoms with van der Waals surface area (Å²) in [6.07, 6.45) is 3.16. The number of hydrogen-bond acceptors (Lipinski definition) is 3. The van der Waals surface area contributed by atoms with Gasteiger partial charge in [0.15, 0.2) is 0 Å². The van der Waals surface area contributed by atoms with E-state index in [2.05, 4.69) is 24.2 Å². The van der Waals surface area contributed by atoms with E-state index in [-0.39, 0.29) is 23.8 Å². The van der Waals surface area contributed by atoms with Crippen molar-refractivity contribution in [3.05, 3.63) is 0 Å². The third kappa shape index (κ3) is 4.59. The van der Waals surface area contributed by atoms with E-state index in [1.54, 1.807) is 4.90 Å². The molecule has 2 heterocycles. The van der Waals surface area contributed by atoms with Crippen molar-refractivity contribution >= 4 is 12.0 Å². The molecule has 0 aliphatic carbocycles. The predicted octanol–water partition coefficient (Wildman–Crippen LogP) is 1.22. The van der Waals surface area contributed by atoms with E-state index in [4.69, 9.17) is 5.11 Å². The minimum absolute atomic E-state index is 0.0389. The maximum absolute atomic E-state index is 12.2. The highest BCUT2D eigenvalue weighted by atomic mass is 16.4. The molecule has 2 aliphatic rings. The molecule has 0 bridgehead atoms. The number of nitrogens with zero attached hydrogens (tertiary/aromatic N) is 2. The summed E-state index contributed by atoms with van der Waals surface area (Å²) in [5, 5.41) is 11.8. The molecular formula is C15H27N3O3. The Morgan fingerprint density at radius 3 is 2.57 bits per heavy atom. The summed E-state index contributed by atoms with van der Waals surface area (Å²) in [7, 11) is 2.13. The lowest BCUT2D eigenvalue weighted by Gasteiger charge is -2.38. The van der Waals surface area contributed by atoms with Gasteiger partial charge in [0.05, 0.1) is 0 Å². The number of carbonyl (C=O) groups excluding carboxylic acids is 1. The van der Waals surface area contributed by atoms with Crippen molar-refractivity contribution in [2.24, 2.45) is 11.3 Å². The van der Waals surface area contributed by atoms with Crippen molar-refractivity contribution in [3.8, 4) is 0 Å². The first-order valence-corrected chi connectivity index (χ1v) is 7.81. The summed E-state index contributed by atoms with van der Waals surface area (Å²) in [6, 6.07) is -0.0389. The Kier molecular flexibility index (Phi) is 5.08. The summed E-state index contributed by atoms with van der Waals surface area (Å²) < 4.78 is 0. The van der Waals surface area contributed by atoms with Crippen molar-refractivity contribution in [2.75, 3.05) is 39.8 Å². The second kappa shape index (κ2) is 6.64. The standard InChI is InChI=1S/C15H27N3O3/c1-15(4-7-17(2)8-5-15)11-16-14(21)18-6-3-12(10-18)9-13(19)20/h12H,3-11H2,1-2H3,(H,16,21)(H,19,20). The van der Waals surface area contributed by atoms with Gasteiger partial charge in [-0.25, -0.2) is 4.79 Å². The molecule has 2 amide bonds. The Morgan fingerprint density at radius 2 is 1.95 bits per heavy atom. The molecule has 120 valence electrons. The lowest BCUT2D eigenvalue weighted by atomic mass is 9.80. The molecule has 0 aromatic rings. The Labute approximate surface area is 126 Å². The first-order chi connectivity index (χ1) is 9.88. The van der Waals surface area contributed by atoms with E-state index >= 15 is 0 Å². The van der Waals surface area contributed by atoms with Crippen LogP contribution >= 0.6 is 0 Å². The van der Waals surface area contributed by atoms with Gasteiger partial charge >= 0.3 is 12.0 Å². The maximum Gasteiger partial charge on any atom is 0.317 e. The number of carboxylic acids is 1. The predicted molar refractivity (Wildman–Crippen MR) is 80.2 cm³/mol. The Hall–Kier alpha value is -1.30. The Balaban J connectivity index is 1.74. The highest BCUT2D eigenvalue weighted by Gasteiger charge is 2.31. The molecular weight excluding hydrogens is 270 g/mol. The van der Waals surface area contributed by atoms with Crippen LogP contribution in [0.2, 0.25) is 0 Å². The number of amides is 2. The summed E-state index contributed by atoms with van der Waals surface area (Å²) in [4.78, 5) is 27.0. The topological polar surface area (TPSA) is 72.9 Å². The van der Waals surface area contributed by atoms with Gasteiger partial charge in [0.1, 0.15) is 0 Å². The Bertz CT molecular complexity index is 392. The quantitative estimate of drug-likeness (QED) is 0.818. The second-order valence-electron chi connectivity index (χ2n) is 6.97. The normalized spacial score (nSPS) is 25.8. The number of hydrogen-bond donors (Lipinski definition) is 2. The molecule has 2 aliphatic heterocycles. The molecule has 2 saturated heterocycles. The van der Waals surface area contributed by atoms with Crippen LogP contribution in [0.1, 0.15) is 32.6 Å². The zero-order chi connectivity index (χ0) is 15.5. The van der Waals surface area contributed by atoms with Crippen molar-refractivity contribution < 1.29 is 14.7 Å². The minimum atomic E-state index is -0.777. The average Bonchev–Trinajstić information content (AvgIpc) is 2.88. The fourth-order valence-corrected chi connectivity index (χ4v) is 3.17. The Morgan fingerprint density at radius 1 is 1.29 bits per heavy atom. The minimum Gasteiger partial charge on any atom is -0.481 e. The zero-order valence-electron chi connectivity index (χ0n) is 13.1. The average molecular weight is 297 g/mol. The first kappa shape index (κ1) is 16.1. The van der Waals surface area contributed by atoms with Gasteiger partial charge in [-0.2, -0.15) is 0 Å². The van der Waals surface area contributed by atoms with Crippen molar-refractivity contribution in [1.29, 1.82) is 0 Å². The number of carbonyl (C=O) groups is 2. The molecule has 2 rings (SSSR count). The van der Waals surface area contributed by atoms with Crippen LogP contribution in [0.4, 0.5) is 4.79 Å². The summed E-state index contributed by atoms with van der Waals surface area (Å²) >= 11 is 0. The summed E-state index contributed by atoms with van der Waals surface area (Å²) in [5.41, 5.74) is 0.183. The number of carboxylic acid groups (broad SMARTS) is 1. The molecule has 6 nitrogen and oxygen atoms in total. The van der Waals surface area contributed by atoms with Crippen LogP contribution < -0.4 is 5.32 Å². The largest absolute Gasteiger partial charge is 0.481 e. The highest BCUT2D eigenvalue weighted by molar-refractivity contribution is 5.74. The third-order valence-electron chi connectivity index (χ3n) is 4.90. The lowest BCUT2D eigenvalue weighted by molar-refractivity contribution is -0.138. The van der Waals surface area contributed by atoms with Gasteiger partial charge in [0, 0.05) is 26.1 Å². The summed E-state index contributed by atoms with van der Waals surface area (Å²) in [5.74, 6) is -0.673. The van der Waals surface area contributed by atoms with Gasteiger partial charge in [-0.3, -0.25) is 4.79 Å². The van der Waals surface area contributed by atoms with Crippen LogP contribution in [-0.4, -0.2) is 66.7 Å². The van der Waals surface area contributed by atoms with E-state index in [9.17, 15) is 9.59 Å². The van der Waals surface area contributed by atoms with Crippen LogP contribution in [0.15, 0.2) is 0 Å². The molecule has 0 saturated carbocycles. The number of nitrogens with one attached hydrogen (secondary N) is 1. The molecule has 0 radical (unpaired) electrons. The van der Waals surface area contributed by atoms with Gasteiger partial charge in [0.2, 0.25) is 0 Å². The van der Waals surface area contributed by atoms with Gasteiger partial charge in [0.25, 0.3) is 0 Å². The third-order valence-corrected chi connectivity index (χ3v) is 4.90. The van der Waals surface area contributed by atoms with Gasteiger partial charge in [-0.1, -0.05) is 6.92 Å². The molecule has 6 heteroatoms. The SMILES string of the molecule is CN1CCC(C)(CNC(=O)N2CCC(CC(=O)O)C2)CC1. The zero-order valence-corrected chi connectivity index (χ0v) is 13.1. The van der Waals surface area contributed by atoms with Gasteiger partial charge < -0.3 is 20.2 Å². The van der Waals surface area contributed by atoms with Crippen LogP contribution in [0.3, 0.4) is 0 Å². The van der Waals surface area contributed by atoms with E-state index in [1.807, 2.05) is 0 Å². The van der Waals surface area contributed by atoms with Crippen LogP contribution in [0.5, 0.6) is 0 Å². The van der Waals surface area contributed by atoms with E-state index in [1.165, 1.54) is 0 Å². The van der Waals surface area contributed by atoms with Gasteiger partial charge in [-0.15, -0.1) is 0 Å². The summed E-state index contributed by atoms with van der Waals surface area (Å²) in [6.45, 7) is 6.34. The van der Waals surface area contributed by atoms with Crippen LogP contribution in [0, 0.1) is 11.3 Å².